The van der Waals surface area contributed by atoms with Gasteiger partial charge in [-0.15, -0.1) is 24.8 Å². The number of hydrogen-bond acceptors (Lipinski definition) is 4. The topological polar surface area (TPSA) is 32.8 Å². The van der Waals surface area contributed by atoms with E-state index in [9.17, 15) is 4.79 Å². The Morgan fingerprint density at radius 1 is 1.00 bits per heavy atom. The first-order chi connectivity index (χ1) is 10.9. The minimum atomic E-state index is -0.149. The number of carbonyl (C=O) groups excluding carboxylic acids is 1. The van der Waals surface area contributed by atoms with E-state index in [0.717, 1.165) is 43.1 Å². The Balaban J connectivity index is 0.00000288. The van der Waals surface area contributed by atoms with Crippen molar-refractivity contribution < 1.29 is 9.53 Å². The van der Waals surface area contributed by atoms with Gasteiger partial charge in [-0.2, -0.15) is 0 Å². The van der Waals surface area contributed by atoms with Crippen LogP contribution >= 0.6 is 24.8 Å². The molecule has 1 heterocycles. The molecule has 1 saturated heterocycles. The zero-order chi connectivity index (χ0) is 17.0. The first kappa shape index (κ1) is 24.2. The molecular weight excluding hydrogens is 359 g/mol. The van der Waals surface area contributed by atoms with Gasteiger partial charge in [-0.1, -0.05) is 45.9 Å². The van der Waals surface area contributed by atoms with Gasteiger partial charge >= 0.3 is 5.97 Å². The molecule has 0 bridgehead atoms. The van der Waals surface area contributed by atoms with Crippen molar-refractivity contribution >= 4 is 30.8 Å². The van der Waals surface area contributed by atoms with E-state index in [1.165, 1.54) is 0 Å². The van der Waals surface area contributed by atoms with Crippen molar-refractivity contribution in [2.45, 2.75) is 39.5 Å². The van der Waals surface area contributed by atoms with Crippen LogP contribution in [-0.4, -0.2) is 55.5 Å². The van der Waals surface area contributed by atoms with Gasteiger partial charge in [0.05, 0.1) is 6.54 Å². The van der Waals surface area contributed by atoms with Crippen LogP contribution in [0, 0.1) is 0 Å². The lowest BCUT2D eigenvalue weighted by atomic mass is 9.94. The third kappa shape index (κ3) is 6.78. The number of ether oxygens (including phenoxy) is 1. The van der Waals surface area contributed by atoms with E-state index >= 15 is 0 Å². The number of rotatable bonds is 5. The molecule has 4 nitrogen and oxygen atoms in total. The predicted octanol–water partition coefficient (Wildman–Crippen LogP) is 3.93. The number of para-hydroxylation sites is 1. The van der Waals surface area contributed by atoms with E-state index in [2.05, 4.69) is 62.7 Å². The van der Waals surface area contributed by atoms with Crippen LogP contribution < -0.4 is 4.74 Å². The lowest BCUT2D eigenvalue weighted by Gasteiger charge is -2.31. The zero-order valence-electron chi connectivity index (χ0n) is 15.9. The third-order valence-electron chi connectivity index (χ3n) is 4.48. The molecule has 0 spiro atoms. The summed E-state index contributed by atoms with van der Waals surface area (Å²) in [6, 6.07) is 6.19. The number of likely N-dealkylation sites (N-methyl/N-ethyl adjacent to an activating group) is 1. The Kier molecular flexibility index (Phi) is 10.7. The van der Waals surface area contributed by atoms with Gasteiger partial charge in [0.1, 0.15) is 5.75 Å². The number of hydrogen-bond donors (Lipinski definition) is 0. The molecule has 144 valence electrons. The molecule has 1 aliphatic rings. The summed E-state index contributed by atoms with van der Waals surface area (Å²) < 4.78 is 5.83. The monoisotopic (exact) mass is 390 g/mol. The van der Waals surface area contributed by atoms with Gasteiger partial charge in [0, 0.05) is 26.2 Å². The number of benzene rings is 1. The highest BCUT2D eigenvalue weighted by Crippen LogP contribution is 2.34. The molecule has 0 aromatic heterocycles. The molecule has 1 aliphatic heterocycles. The smallest absolute Gasteiger partial charge is 0.325 e. The summed E-state index contributed by atoms with van der Waals surface area (Å²) in [5.74, 6) is 1.29. The standard InChI is InChI=1S/C19H30N2O2.2ClH/c1-14(2)16-7-6-8-17(15(3)4)19(16)23-18(22)13-21-11-9-20(5)10-12-21;;/h6-8,14-15H,9-13H2,1-5H3;2*1H. The number of carbonyl (C=O) groups is 1. The second kappa shape index (κ2) is 11.0. The molecule has 25 heavy (non-hydrogen) atoms. The fourth-order valence-corrected chi connectivity index (χ4v) is 2.94. The van der Waals surface area contributed by atoms with Crippen LogP contribution in [0.4, 0.5) is 0 Å². The fraction of sp³-hybridized carbons (Fsp3) is 0.632. The van der Waals surface area contributed by atoms with E-state index in [4.69, 9.17) is 4.74 Å². The number of nitrogens with zero attached hydrogens (tertiary/aromatic N) is 2. The molecular formula is C19H32Cl2N2O2. The maximum atomic E-state index is 12.4. The zero-order valence-corrected chi connectivity index (χ0v) is 17.6. The molecule has 1 aromatic carbocycles. The molecule has 0 saturated carbocycles. The van der Waals surface area contributed by atoms with Crippen LogP contribution in [-0.2, 0) is 4.79 Å². The molecule has 0 aliphatic carbocycles. The van der Waals surface area contributed by atoms with Gasteiger partial charge in [-0.05, 0) is 30.0 Å². The van der Waals surface area contributed by atoms with Crippen molar-refractivity contribution in [2.24, 2.45) is 0 Å². The fourth-order valence-electron chi connectivity index (χ4n) is 2.94. The number of halogens is 2. The lowest BCUT2D eigenvalue weighted by molar-refractivity contribution is -0.136. The minimum Gasteiger partial charge on any atom is -0.425 e. The molecule has 0 unspecified atom stereocenters. The van der Waals surface area contributed by atoms with Crippen LogP contribution in [0.1, 0.15) is 50.7 Å². The maximum absolute atomic E-state index is 12.4. The van der Waals surface area contributed by atoms with E-state index < -0.39 is 0 Å². The SMILES string of the molecule is CC(C)c1cccc(C(C)C)c1OC(=O)CN1CCN(C)CC1.Cl.Cl. The average Bonchev–Trinajstić information content (AvgIpc) is 2.49. The lowest BCUT2D eigenvalue weighted by Crippen LogP contribution is -2.46. The summed E-state index contributed by atoms with van der Waals surface area (Å²) in [5.41, 5.74) is 2.23. The van der Waals surface area contributed by atoms with Gasteiger partial charge in [-0.3, -0.25) is 9.69 Å². The summed E-state index contributed by atoms with van der Waals surface area (Å²) in [6.45, 7) is 12.8. The van der Waals surface area contributed by atoms with Crippen LogP contribution in [0.3, 0.4) is 0 Å². The van der Waals surface area contributed by atoms with Crippen LogP contribution in [0.25, 0.3) is 0 Å². The third-order valence-corrected chi connectivity index (χ3v) is 4.48. The molecule has 1 aromatic rings. The van der Waals surface area contributed by atoms with E-state index in [0.29, 0.717) is 18.4 Å². The quantitative estimate of drug-likeness (QED) is 0.563. The molecule has 0 atom stereocenters. The van der Waals surface area contributed by atoms with Crippen molar-refractivity contribution in [3.8, 4) is 5.75 Å². The Labute approximate surface area is 164 Å². The second-order valence-corrected chi connectivity index (χ2v) is 7.13. The highest BCUT2D eigenvalue weighted by atomic mass is 35.5. The average molecular weight is 391 g/mol. The largest absolute Gasteiger partial charge is 0.425 e. The first-order valence-corrected chi connectivity index (χ1v) is 8.63. The van der Waals surface area contributed by atoms with Crippen molar-refractivity contribution in [1.29, 1.82) is 0 Å². The minimum absolute atomic E-state index is 0. The van der Waals surface area contributed by atoms with Crippen molar-refractivity contribution in [1.82, 2.24) is 9.80 Å². The first-order valence-electron chi connectivity index (χ1n) is 8.63. The number of esters is 1. The van der Waals surface area contributed by atoms with E-state index in [1.54, 1.807) is 0 Å². The van der Waals surface area contributed by atoms with E-state index in [-0.39, 0.29) is 30.8 Å². The Morgan fingerprint density at radius 2 is 1.48 bits per heavy atom. The van der Waals surface area contributed by atoms with Crippen LogP contribution in [0.15, 0.2) is 18.2 Å². The molecule has 0 N–H and O–H groups in total. The molecule has 0 amide bonds. The van der Waals surface area contributed by atoms with Gasteiger partial charge in [0.25, 0.3) is 0 Å². The predicted molar refractivity (Wildman–Crippen MR) is 109 cm³/mol. The molecule has 2 rings (SSSR count). The highest BCUT2D eigenvalue weighted by Gasteiger charge is 2.21. The second-order valence-electron chi connectivity index (χ2n) is 7.13. The molecule has 6 heteroatoms. The van der Waals surface area contributed by atoms with Gasteiger partial charge in [-0.25, -0.2) is 0 Å². The summed E-state index contributed by atoms with van der Waals surface area (Å²) in [7, 11) is 2.11. The van der Waals surface area contributed by atoms with Gasteiger partial charge in [0.2, 0.25) is 0 Å². The van der Waals surface area contributed by atoms with E-state index in [1.807, 2.05) is 0 Å². The van der Waals surface area contributed by atoms with Crippen molar-refractivity contribution in [3.05, 3.63) is 29.3 Å². The normalized spacial score (nSPS) is 15.6. The van der Waals surface area contributed by atoms with Crippen molar-refractivity contribution in [3.63, 3.8) is 0 Å². The summed E-state index contributed by atoms with van der Waals surface area (Å²) in [5, 5.41) is 0. The summed E-state index contributed by atoms with van der Waals surface area (Å²) in [4.78, 5) is 16.9. The van der Waals surface area contributed by atoms with Gasteiger partial charge in [0.15, 0.2) is 0 Å². The maximum Gasteiger partial charge on any atom is 0.325 e. The molecule has 1 fully saturated rings. The van der Waals surface area contributed by atoms with Crippen LogP contribution in [0.2, 0.25) is 0 Å². The number of piperazine rings is 1. The summed E-state index contributed by atoms with van der Waals surface area (Å²) >= 11 is 0. The Morgan fingerprint density at radius 3 is 1.92 bits per heavy atom. The highest BCUT2D eigenvalue weighted by molar-refractivity contribution is 5.85. The van der Waals surface area contributed by atoms with Crippen molar-refractivity contribution in [2.75, 3.05) is 39.8 Å². The summed E-state index contributed by atoms with van der Waals surface area (Å²) in [6.07, 6.45) is 0. The Hall–Kier alpha value is -0.810. The van der Waals surface area contributed by atoms with Crippen LogP contribution in [0.5, 0.6) is 5.75 Å². The van der Waals surface area contributed by atoms with Gasteiger partial charge < -0.3 is 9.64 Å². The Bertz CT molecular complexity index is 516. The molecule has 0 radical (unpaired) electrons.